The fourth-order valence-electron chi connectivity index (χ4n) is 1.79. The van der Waals surface area contributed by atoms with E-state index in [9.17, 15) is 13.6 Å². The van der Waals surface area contributed by atoms with Crippen molar-refractivity contribution in [3.63, 3.8) is 0 Å². The normalized spacial score (nSPS) is 12.2. The van der Waals surface area contributed by atoms with Crippen LogP contribution in [0.5, 0.6) is 5.75 Å². The Morgan fingerprint density at radius 1 is 1.36 bits per heavy atom. The van der Waals surface area contributed by atoms with Gasteiger partial charge in [0.2, 0.25) is 0 Å². The van der Waals surface area contributed by atoms with Crippen molar-refractivity contribution in [3.8, 4) is 5.75 Å². The van der Waals surface area contributed by atoms with Crippen molar-refractivity contribution in [1.82, 2.24) is 0 Å². The molecule has 0 unspecified atom stereocenters. The lowest BCUT2D eigenvalue weighted by Gasteiger charge is -2.18. The third-order valence-electron chi connectivity index (χ3n) is 3.06. The van der Waals surface area contributed by atoms with E-state index in [-0.39, 0.29) is 35.1 Å². The van der Waals surface area contributed by atoms with E-state index in [0.717, 1.165) is 18.9 Å². The number of carbonyl (C=O) groups excluding carboxylic acids is 1. The van der Waals surface area contributed by atoms with E-state index in [1.165, 1.54) is 6.07 Å². The van der Waals surface area contributed by atoms with Gasteiger partial charge in [-0.15, -0.1) is 0 Å². The van der Waals surface area contributed by atoms with Crippen molar-refractivity contribution in [2.45, 2.75) is 39.2 Å². The Kier molecular flexibility index (Phi) is 8.35. The molecule has 0 spiro atoms. The smallest absolute Gasteiger partial charge is 0.166 e. The lowest BCUT2D eigenvalue weighted by atomic mass is 10.1. The Bertz CT molecular complexity index is 495. The minimum Gasteiger partial charge on any atom is -0.484 e. The van der Waals surface area contributed by atoms with Gasteiger partial charge in [0.05, 0.1) is 17.2 Å². The Balaban J connectivity index is 2.84. The largest absolute Gasteiger partial charge is 0.484 e. The van der Waals surface area contributed by atoms with Crippen LogP contribution in [0.1, 0.15) is 43.5 Å². The lowest BCUT2D eigenvalue weighted by molar-refractivity contribution is 0.0360. The van der Waals surface area contributed by atoms with E-state index in [1.807, 2.05) is 6.92 Å². The predicted octanol–water partition coefficient (Wildman–Crippen LogP) is 4.61. The van der Waals surface area contributed by atoms with E-state index < -0.39 is 18.6 Å². The highest BCUT2D eigenvalue weighted by atomic mass is 35.5. The zero-order valence-electron chi connectivity index (χ0n) is 12.8. The van der Waals surface area contributed by atoms with Gasteiger partial charge >= 0.3 is 0 Å². The van der Waals surface area contributed by atoms with Crippen LogP contribution in [0.15, 0.2) is 12.1 Å². The molecule has 1 aromatic rings. The van der Waals surface area contributed by atoms with E-state index in [1.54, 1.807) is 6.92 Å². The van der Waals surface area contributed by atoms with Gasteiger partial charge in [0.1, 0.15) is 18.2 Å². The molecule has 0 saturated carbocycles. The lowest BCUT2D eigenvalue weighted by Crippen LogP contribution is -2.26. The fraction of sp³-hybridized carbons (Fsp3) is 0.562. The van der Waals surface area contributed by atoms with Crippen molar-refractivity contribution in [3.05, 3.63) is 28.5 Å². The zero-order valence-corrected chi connectivity index (χ0v) is 13.6. The molecule has 1 aromatic carbocycles. The second-order valence-electron chi connectivity index (χ2n) is 4.86. The van der Waals surface area contributed by atoms with Gasteiger partial charge in [-0.25, -0.2) is 8.78 Å². The van der Waals surface area contributed by atoms with Crippen LogP contribution < -0.4 is 4.74 Å². The Labute approximate surface area is 134 Å². The maximum absolute atomic E-state index is 13.6. The molecule has 0 amide bonds. The first-order chi connectivity index (χ1) is 10.5. The number of ether oxygens (including phenoxy) is 2. The third kappa shape index (κ3) is 5.54. The average Bonchev–Trinajstić information content (AvgIpc) is 2.52. The number of ketones is 1. The molecule has 0 aliphatic rings. The minimum absolute atomic E-state index is 0.00417. The Morgan fingerprint density at radius 2 is 2.09 bits per heavy atom. The summed E-state index contributed by atoms with van der Waals surface area (Å²) in [4.78, 5) is 11.9. The standard InChI is InChI=1S/C16H21ClF2O3/c1-3-5-6-21-10-11(9-18)22-16-8-14(19)13(17)7-12(16)15(20)4-2/h7-8,11H,3-6,9-10H2,1-2H3/t11-/m0/s1. The summed E-state index contributed by atoms with van der Waals surface area (Å²) in [5.74, 6) is -0.967. The summed E-state index contributed by atoms with van der Waals surface area (Å²) in [5.41, 5.74) is 0.154. The topological polar surface area (TPSA) is 35.5 Å². The van der Waals surface area contributed by atoms with Crippen LogP contribution in [0, 0.1) is 5.82 Å². The molecule has 124 valence electrons. The van der Waals surface area contributed by atoms with Crippen molar-refractivity contribution < 1.29 is 23.0 Å². The van der Waals surface area contributed by atoms with Crippen molar-refractivity contribution in [2.75, 3.05) is 19.9 Å². The number of hydrogen-bond donors (Lipinski definition) is 0. The first-order valence-corrected chi connectivity index (χ1v) is 7.73. The summed E-state index contributed by atoms with van der Waals surface area (Å²) in [6.45, 7) is 3.44. The summed E-state index contributed by atoms with van der Waals surface area (Å²) in [6.07, 6.45) is 1.17. The molecule has 0 fully saturated rings. The number of benzene rings is 1. The average molecular weight is 335 g/mol. The van der Waals surface area contributed by atoms with Gasteiger partial charge in [0.15, 0.2) is 11.9 Å². The van der Waals surface area contributed by atoms with Crippen LogP contribution in [-0.2, 0) is 4.74 Å². The molecule has 1 atom stereocenters. The van der Waals surface area contributed by atoms with Gasteiger partial charge in [0, 0.05) is 19.1 Å². The van der Waals surface area contributed by atoms with Crippen molar-refractivity contribution in [1.29, 1.82) is 0 Å². The molecule has 1 rings (SSSR count). The molecular weight excluding hydrogens is 314 g/mol. The Hall–Kier alpha value is -1.20. The first-order valence-electron chi connectivity index (χ1n) is 7.36. The zero-order chi connectivity index (χ0) is 16.5. The molecule has 0 saturated heterocycles. The molecule has 0 heterocycles. The highest BCUT2D eigenvalue weighted by Crippen LogP contribution is 2.28. The number of Topliss-reactive ketones (excluding diaryl/α,β-unsaturated/α-hetero) is 1. The minimum atomic E-state index is -0.888. The molecule has 22 heavy (non-hydrogen) atoms. The van der Waals surface area contributed by atoms with Gasteiger partial charge in [-0.2, -0.15) is 0 Å². The van der Waals surface area contributed by atoms with E-state index in [4.69, 9.17) is 21.1 Å². The summed E-state index contributed by atoms with van der Waals surface area (Å²) >= 11 is 5.69. The number of carbonyl (C=O) groups is 1. The maximum Gasteiger partial charge on any atom is 0.166 e. The number of alkyl halides is 1. The second kappa shape index (κ2) is 9.74. The van der Waals surface area contributed by atoms with Gasteiger partial charge < -0.3 is 9.47 Å². The summed E-state index contributed by atoms with van der Waals surface area (Å²) in [7, 11) is 0. The Morgan fingerprint density at radius 3 is 2.68 bits per heavy atom. The number of halogens is 3. The number of hydrogen-bond acceptors (Lipinski definition) is 3. The molecular formula is C16H21ClF2O3. The SMILES string of the molecule is CCCCOC[C@H](CF)Oc1cc(F)c(Cl)cc1C(=O)CC. The molecule has 0 N–H and O–H groups in total. The summed E-state index contributed by atoms with van der Waals surface area (Å²) in [6, 6.07) is 2.23. The highest BCUT2D eigenvalue weighted by Gasteiger charge is 2.19. The molecule has 0 aliphatic heterocycles. The van der Waals surface area contributed by atoms with Gasteiger partial charge in [-0.05, 0) is 12.5 Å². The van der Waals surface area contributed by atoms with Gasteiger partial charge in [-0.1, -0.05) is 31.9 Å². The van der Waals surface area contributed by atoms with Crippen molar-refractivity contribution >= 4 is 17.4 Å². The predicted molar refractivity (Wildman–Crippen MR) is 82.1 cm³/mol. The quantitative estimate of drug-likeness (QED) is 0.463. The van der Waals surface area contributed by atoms with E-state index in [0.29, 0.717) is 6.61 Å². The summed E-state index contributed by atoms with van der Waals surface area (Å²) < 4.78 is 37.3. The summed E-state index contributed by atoms with van der Waals surface area (Å²) in [5, 5.41) is -0.167. The molecule has 0 aliphatic carbocycles. The monoisotopic (exact) mass is 334 g/mol. The van der Waals surface area contributed by atoms with Crippen LogP contribution in [0.25, 0.3) is 0 Å². The molecule has 6 heteroatoms. The van der Waals surface area contributed by atoms with Crippen LogP contribution >= 0.6 is 11.6 Å². The number of rotatable bonds is 10. The number of unbranched alkanes of at least 4 members (excludes halogenated alkanes) is 1. The highest BCUT2D eigenvalue weighted by molar-refractivity contribution is 6.31. The molecule has 0 bridgehead atoms. The molecule has 0 radical (unpaired) electrons. The van der Waals surface area contributed by atoms with Crippen LogP contribution in [-0.4, -0.2) is 31.8 Å². The van der Waals surface area contributed by atoms with E-state index >= 15 is 0 Å². The second-order valence-corrected chi connectivity index (χ2v) is 5.27. The molecule has 0 aromatic heterocycles. The third-order valence-corrected chi connectivity index (χ3v) is 3.35. The van der Waals surface area contributed by atoms with Gasteiger partial charge in [0.25, 0.3) is 0 Å². The van der Waals surface area contributed by atoms with Crippen molar-refractivity contribution in [2.24, 2.45) is 0 Å². The molecule has 3 nitrogen and oxygen atoms in total. The fourth-order valence-corrected chi connectivity index (χ4v) is 1.95. The van der Waals surface area contributed by atoms with Crippen LogP contribution in [0.2, 0.25) is 5.02 Å². The van der Waals surface area contributed by atoms with Crippen LogP contribution in [0.3, 0.4) is 0 Å². The maximum atomic E-state index is 13.6. The first kappa shape index (κ1) is 18.8. The van der Waals surface area contributed by atoms with E-state index in [2.05, 4.69) is 0 Å². The van der Waals surface area contributed by atoms with Gasteiger partial charge in [-0.3, -0.25) is 4.79 Å². The van der Waals surface area contributed by atoms with Crippen LogP contribution in [0.4, 0.5) is 8.78 Å².